The number of primary amides is 1. The van der Waals surface area contributed by atoms with Crippen molar-refractivity contribution < 1.29 is 4.79 Å². The molecule has 2 N–H and O–H groups in total. The molecule has 12 heavy (non-hydrogen) atoms. The fourth-order valence-corrected chi connectivity index (χ4v) is 2.50. The van der Waals surface area contributed by atoms with E-state index >= 15 is 0 Å². The smallest absolute Gasteiger partial charge is 0.227 e. The molecule has 0 saturated heterocycles. The summed E-state index contributed by atoms with van der Waals surface area (Å²) in [4.78, 5) is 11.8. The van der Waals surface area contributed by atoms with Crippen LogP contribution in [-0.2, 0) is 4.79 Å². The molecule has 0 unspecified atom stereocenters. The average molecular weight is 201 g/mol. The van der Waals surface area contributed by atoms with Crippen LogP contribution in [0.1, 0.15) is 17.1 Å². The standard InChI is InChI=1S/C8H11NOS2/c1-6(12-5-8(9)10)7-3-2-4-11-7/h2-4,6H,5H2,1H3,(H2,9,10)/t6-/m1/s1. The predicted octanol–water partition coefficient (Wildman–Crippen LogP) is 2.03. The molecule has 1 atom stereocenters. The highest BCUT2D eigenvalue weighted by molar-refractivity contribution is 8.00. The molecule has 0 aliphatic carbocycles. The Kier molecular flexibility index (Phi) is 3.62. The van der Waals surface area contributed by atoms with Gasteiger partial charge in [-0.15, -0.1) is 23.1 Å². The molecule has 1 heterocycles. The van der Waals surface area contributed by atoms with Gasteiger partial charge in [-0.25, -0.2) is 0 Å². The summed E-state index contributed by atoms with van der Waals surface area (Å²) in [5.74, 6) is 0.155. The number of carbonyl (C=O) groups excluding carboxylic acids is 1. The van der Waals surface area contributed by atoms with Crippen LogP contribution >= 0.6 is 23.1 Å². The van der Waals surface area contributed by atoms with Gasteiger partial charge in [0, 0.05) is 10.1 Å². The van der Waals surface area contributed by atoms with E-state index in [0.717, 1.165) is 0 Å². The summed E-state index contributed by atoms with van der Waals surface area (Å²) in [6.45, 7) is 2.08. The zero-order chi connectivity index (χ0) is 8.97. The predicted molar refractivity (Wildman–Crippen MR) is 54.4 cm³/mol. The van der Waals surface area contributed by atoms with Gasteiger partial charge in [0.25, 0.3) is 0 Å². The molecule has 66 valence electrons. The summed E-state index contributed by atoms with van der Waals surface area (Å²) in [5.41, 5.74) is 5.04. The van der Waals surface area contributed by atoms with Gasteiger partial charge in [-0.3, -0.25) is 4.79 Å². The summed E-state index contributed by atoms with van der Waals surface area (Å²) < 4.78 is 0. The Morgan fingerprint density at radius 3 is 3.08 bits per heavy atom. The van der Waals surface area contributed by atoms with Crippen LogP contribution in [0.5, 0.6) is 0 Å². The van der Waals surface area contributed by atoms with E-state index in [1.54, 1.807) is 23.1 Å². The molecular weight excluding hydrogens is 190 g/mol. The Morgan fingerprint density at radius 1 is 1.83 bits per heavy atom. The minimum Gasteiger partial charge on any atom is -0.369 e. The zero-order valence-corrected chi connectivity index (χ0v) is 8.45. The minimum atomic E-state index is -0.247. The van der Waals surface area contributed by atoms with E-state index in [-0.39, 0.29) is 5.91 Å². The van der Waals surface area contributed by atoms with Crippen molar-refractivity contribution >= 4 is 29.0 Å². The van der Waals surface area contributed by atoms with Gasteiger partial charge in [0.15, 0.2) is 0 Å². The van der Waals surface area contributed by atoms with Crippen molar-refractivity contribution in [2.75, 3.05) is 5.75 Å². The monoisotopic (exact) mass is 201 g/mol. The second-order valence-electron chi connectivity index (χ2n) is 2.43. The lowest BCUT2D eigenvalue weighted by atomic mass is 10.4. The Morgan fingerprint density at radius 2 is 2.58 bits per heavy atom. The van der Waals surface area contributed by atoms with Crippen LogP contribution in [-0.4, -0.2) is 11.7 Å². The molecule has 0 aliphatic rings. The number of nitrogens with two attached hydrogens (primary N) is 1. The lowest BCUT2D eigenvalue weighted by Gasteiger charge is -2.06. The maximum absolute atomic E-state index is 10.5. The van der Waals surface area contributed by atoms with Gasteiger partial charge in [-0.2, -0.15) is 0 Å². The fourth-order valence-electron chi connectivity index (χ4n) is 0.812. The van der Waals surface area contributed by atoms with E-state index in [1.165, 1.54) is 4.88 Å². The van der Waals surface area contributed by atoms with Gasteiger partial charge in [0.2, 0.25) is 5.91 Å². The average Bonchev–Trinajstić information content (AvgIpc) is 2.51. The van der Waals surface area contributed by atoms with Gasteiger partial charge < -0.3 is 5.73 Å². The van der Waals surface area contributed by atoms with Crippen molar-refractivity contribution in [3.05, 3.63) is 22.4 Å². The second kappa shape index (κ2) is 4.52. The number of thiophene rings is 1. The summed E-state index contributed by atoms with van der Waals surface area (Å²) >= 11 is 3.29. The molecule has 1 rings (SSSR count). The number of amides is 1. The molecule has 0 aliphatic heterocycles. The molecule has 2 nitrogen and oxygen atoms in total. The third-order valence-corrected chi connectivity index (χ3v) is 3.83. The van der Waals surface area contributed by atoms with Gasteiger partial charge in [-0.05, 0) is 18.4 Å². The highest BCUT2D eigenvalue weighted by Gasteiger charge is 2.07. The Bertz CT molecular complexity index is 246. The topological polar surface area (TPSA) is 43.1 Å². The first-order valence-corrected chi connectivity index (χ1v) is 5.56. The van der Waals surface area contributed by atoms with Crippen molar-refractivity contribution in [1.29, 1.82) is 0 Å². The minimum absolute atomic E-state index is 0.247. The molecule has 0 radical (unpaired) electrons. The summed E-state index contributed by atoms with van der Waals surface area (Å²) in [7, 11) is 0. The Labute approximate surface area is 80.2 Å². The highest BCUT2D eigenvalue weighted by atomic mass is 32.2. The first kappa shape index (κ1) is 9.61. The molecule has 0 bridgehead atoms. The van der Waals surface area contributed by atoms with Crippen LogP contribution in [0, 0.1) is 0 Å². The number of hydrogen-bond acceptors (Lipinski definition) is 3. The zero-order valence-electron chi connectivity index (χ0n) is 6.82. The summed E-state index contributed by atoms with van der Waals surface area (Å²) in [5, 5.41) is 2.41. The van der Waals surface area contributed by atoms with Crippen molar-refractivity contribution in [1.82, 2.24) is 0 Å². The molecule has 1 amide bonds. The van der Waals surface area contributed by atoms with E-state index in [2.05, 4.69) is 13.0 Å². The van der Waals surface area contributed by atoms with Gasteiger partial charge in [-0.1, -0.05) is 6.07 Å². The largest absolute Gasteiger partial charge is 0.369 e. The Balaban J connectivity index is 2.39. The van der Waals surface area contributed by atoms with Crippen LogP contribution in [0.4, 0.5) is 0 Å². The molecule has 0 spiro atoms. The molecule has 4 heteroatoms. The van der Waals surface area contributed by atoms with Crippen molar-refractivity contribution in [3.8, 4) is 0 Å². The summed E-state index contributed by atoms with van der Waals surface area (Å²) in [6, 6.07) is 4.09. The third-order valence-electron chi connectivity index (χ3n) is 1.42. The van der Waals surface area contributed by atoms with E-state index in [0.29, 0.717) is 11.0 Å². The van der Waals surface area contributed by atoms with Crippen LogP contribution in [0.25, 0.3) is 0 Å². The van der Waals surface area contributed by atoms with Crippen LogP contribution in [0.15, 0.2) is 17.5 Å². The van der Waals surface area contributed by atoms with E-state index < -0.39 is 0 Å². The third kappa shape index (κ3) is 2.87. The SMILES string of the molecule is C[C@@H](SCC(N)=O)c1cccs1. The van der Waals surface area contributed by atoms with Crippen LogP contribution in [0.2, 0.25) is 0 Å². The first-order chi connectivity index (χ1) is 5.70. The maximum atomic E-state index is 10.5. The van der Waals surface area contributed by atoms with Crippen molar-refractivity contribution in [2.45, 2.75) is 12.2 Å². The number of rotatable bonds is 4. The maximum Gasteiger partial charge on any atom is 0.227 e. The highest BCUT2D eigenvalue weighted by Crippen LogP contribution is 2.30. The van der Waals surface area contributed by atoms with Crippen molar-refractivity contribution in [2.24, 2.45) is 5.73 Å². The quantitative estimate of drug-likeness (QED) is 0.810. The molecule has 1 aromatic rings. The van der Waals surface area contributed by atoms with Gasteiger partial charge in [0.05, 0.1) is 5.75 Å². The molecule has 0 aromatic carbocycles. The lowest BCUT2D eigenvalue weighted by molar-refractivity contribution is -0.115. The molecular formula is C8H11NOS2. The van der Waals surface area contributed by atoms with Crippen LogP contribution < -0.4 is 5.73 Å². The second-order valence-corrected chi connectivity index (χ2v) is 4.74. The van der Waals surface area contributed by atoms with Crippen molar-refractivity contribution in [3.63, 3.8) is 0 Å². The van der Waals surface area contributed by atoms with E-state index in [4.69, 9.17) is 5.73 Å². The first-order valence-electron chi connectivity index (χ1n) is 3.63. The van der Waals surface area contributed by atoms with Gasteiger partial charge >= 0.3 is 0 Å². The number of carbonyl (C=O) groups is 1. The number of hydrogen-bond donors (Lipinski definition) is 1. The van der Waals surface area contributed by atoms with E-state index in [1.807, 2.05) is 11.4 Å². The fraction of sp³-hybridized carbons (Fsp3) is 0.375. The van der Waals surface area contributed by atoms with Gasteiger partial charge in [0.1, 0.15) is 0 Å². The van der Waals surface area contributed by atoms with E-state index in [9.17, 15) is 4.79 Å². The summed E-state index contributed by atoms with van der Waals surface area (Å²) in [6.07, 6.45) is 0. The normalized spacial score (nSPS) is 12.8. The Hall–Kier alpha value is -0.480. The molecule has 0 fully saturated rings. The molecule has 0 saturated carbocycles. The lowest BCUT2D eigenvalue weighted by Crippen LogP contribution is -2.13. The number of thioether (sulfide) groups is 1. The van der Waals surface area contributed by atoms with Crippen LogP contribution in [0.3, 0.4) is 0 Å². The molecule has 1 aromatic heterocycles.